The van der Waals surface area contributed by atoms with E-state index in [2.05, 4.69) is 27.3 Å². The number of hydrogen-bond donors (Lipinski definition) is 1. The summed E-state index contributed by atoms with van der Waals surface area (Å²) in [6, 6.07) is 17.0. The molecule has 0 fully saturated rings. The molecule has 178 valence electrons. The molecular formula is C26H22BrN3O5. The molecule has 9 heteroatoms. The molecule has 0 aliphatic rings. The second kappa shape index (κ2) is 11.3. The number of hydrogen-bond acceptors (Lipinski definition) is 6. The Bertz CT molecular complexity index is 1340. The van der Waals surface area contributed by atoms with Crippen LogP contribution in [0.1, 0.15) is 22.3 Å². The van der Waals surface area contributed by atoms with Crippen molar-refractivity contribution in [2.75, 3.05) is 19.0 Å². The highest BCUT2D eigenvalue weighted by Gasteiger charge is 2.15. The Morgan fingerprint density at radius 2 is 1.89 bits per heavy atom. The van der Waals surface area contributed by atoms with Gasteiger partial charge in [-0.1, -0.05) is 12.1 Å². The van der Waals surface area contributed by atoms with Gasteiger partial charge >= 0.3 is 0 Å². The van der Waals surface area contributed by atoms with Crippen LogP contribution in [0.5, 0.6) is 11.5 Å². The van der Waals surface area contributed by atoms with E-state index in [0.29, 0.717) is 32.7 Å². The van der Waals surface area contributed by atoms with E-state index in [1.165, 1.54) is 31.4 Å². The molecule has 0 spiro atoms. The second-order valence-electron chi connectivity index (χ2n) is 7.66. The summed E-state index contributed by atoms with van der Waals surface area (Å²) in [7, 11) is 1.47. The van der Waals surface area contributed by atoms with E-state index in [1.54, 1.807) is 18.2 Å². The van der Waals surface area contributed by atoms with E-state index < -0.39 is 4.92 Å². The molecule has 3 aromatic carbocycles. The monoisotopic (exact) mass is 535 g/mol. The maximum absolute atomic E-state index is 12.5. The molecular weight excluding hydrogens is 514 g/mol. The quantitative estimate of drug-likeness (QED) is 0.162. The molecule has 0 atom stereocenters. The minimum absolute atomic E-state index is 0.0569. The van der Waals surface area contributed by atoms with Gasteiger partial charge in [-0.05, 0) is 88.4 Å². The van der Waals surface area contributed by atoms with Gasteiger partial charge in [0.15, 0.2) is 18.1 Å². The van der Waals surface area contributed by atoms with Crippen LogP contribution >= 0.6 is 15.9 Å². The first kappa shape index (κ1) is 25.5. The smallest absolute Gasteiger partial charge is 0.269 e. The SMILES string of the molecule is COc1cc(/C=C(\C#N)c2ccc([N+](=O)[O-])cc2)cc(Br)c1OCC(=O)Nc1cc(C)ccc1C. The first-order valence-corrected chi connectivity index (χ1v) is 11.2. The van der Waals surface area contributed by atoms with Crippen LogP contribution in [0.3, 0.4) is 0 Å². The Morgan fingerprint density at radius 3 is 2.51 bits per heavy atom. The molecule has 0 aliphatic heterocycles. The predicted octanol–water partition coefficient (Wildman–Crippen LogP) is 6.06. The Balaban J connectivity index is 1.79. The summed E-state index contributed by atoms with van der Waals surface area (Å²) < 4.78 is 11.7. The Morgan fingerprint density at radius 1 is 1.17 bits per heavy atom. The summed E-state index contributed by atoms with van der Waals surface area (Å²) in [6.45, 7) is 3.63. The van der Waals surface area contributed by atoms with E-state index in [4.69, 9.17) is 9.47 Å². The van der Waals surface area contributed by atoms with Crippen molar-refractivity contribution >= 4 is 44.9 Å². The summed E-state index contributed by atoms with van der Waals surface area (Å²) in [5, 5.41) is 23.3. The standard InChI is InChI=1S/C26H22BrN3O5/c1-16-4-5-17(2)23(10-16)29-25(31)15-35-26-22(27)12-18(13-24(26)34-3)11-20(14-28)19-6-8-21(9-7-19)30(32)33/h4-13H,15H2,1-3H3,(H,29,31)/b20-11+. The number of nitrogens with zero attached hydrogens (tertiary/aromatic N) is 2. The van der Waals surface area contributed by atoms with Gasteiger partial charge in [0.1, 0.15) is 0 Å². The van der Waals surface area contributed by atoms with Gasteiger partial charge in [-0.25, -0.2) is 0 Å². The van der Waals surface area contributed by atoms with Crippen molar-refractivity contribution in [1.29, 1.82) is 5.26 Å². The number of nitro benzene ring substituents is 1. The number of benzene rings is 3. The molecule has 0 unspecified atom stereocenters. The van der Waals surface area contributed by atoms with Gasteiger partial charge < -0.3 is 14.8 Å². The van der Waals surface area contributed by atoms with Gasteiger partial charge in [0.2, 0.25) is 0 Å². The van der Waals surface area contributed by atoms with Gasteiger partial charge in [-0.3, -0.25) is 14.9 Å². The number of nitriles is 1. The minimum Gasteiger partial charge on any atom is -0.493 e. The largest absolute Gasteiger partial charge is 0.493 e. The van der Waals surface area contributed by atoms with E-state index in [9.17, 15) is 20.2 Å². The Labute approximate surface area is 211 Å². The van der Waals surface area contributed by atoms with Gasteiger partial charge in [0.05, 0.1) is 28.1 Å². The Kier molecular flexibility index (Phi) is 8.23. The summed E-state index contributed by atoms with van der Waals surface area (Å²) >= 11 is 3.45. The van der Waals surface area contributed by atoms with Crippen LogP contribution < -0.4 is 14.8 Å². The maximum Gasteiger partial charge on any atom is 0.269 e. The highest BCUT2D eigenvalue weighted by molar-refractivity contribution is 9.10. The number of carbonyl (C=O) groups excluding carboxylic acids is 1. The number of amides is 1. The van der Waals surface area contributed by atoms with Gasteiger partial charge in [-0.15, -0.1) is 0 Å². The van der Waals surface area contributed by atoms with Crippen molar-refractivity contribution in [1.82, 2.24) is 0 Å². The number of methoxy groups -OCH3 is 1. The number of nitro groups is 1. The van der Waals surface area contributed by atoms with E-state index in [0.717, 1.165) is 16.8 Å². The number of non-ortho nitro benzene ring substituents is 1. The van der Waals surface area contributed by atoms with Crippen LogP contribution in [0.15, 0.2) is 59.1 Å². The number of allylic oxidation sites excluding steroid dienone is 1. The molecule has 0 aromatic heterocycles. The van der Waals surface area contributed by atoms with Crippen molar-refractivity contribution in [3.8, 4) is 17.6 Å². The van der Waals surface area contributed by atoms with Crippen molar-refractivity contribution in [2.24, 2.45) is 0 Å². The zero-order valence-corrected chi connectivity index (χ0v) is 20.9. The lowest BCUT2D eigenvalue weighted by Crippen LogP contribution is -2.21. The highest BCUT2D eigenvalue weighted by atomic mass is 79.9. The minimum atomic E-state index is -0.497. The molecule has 3 rings (SSSR count). The molecule has 0 aliphatic carbocycles. The number of rotatable bonds is 8. The topological polar surface area (TPSA) is 114 Å². The lowest BCUT2D eigenvalue weighted by molar-refractivity contribution is -0.384. The van der Waals surface area contributed by atoms with Crippen LogP contribution in [0.4, 0.5) is 11.4 Å². The van der Waals surface area contributed by atoms with E-state index in [1.807, 2.05) is 32.0 Å². The third-order valence-corrected chi connectivity index (χ3v) is 5.68. The van der Waals surface area contributed by atoms with E-state index in [-0.39, 0.29) is 18.2 Å². The number of ether oxygens (including phenoxy) is 2. The molecule has 0 heterocycles. The number of halogens is 1. The van der Waals surface area contributed by atoms with Crippen LogP contribution in [0, 0.1) is 35.3 Å². The average molecular weight is 536 g/mol. The van der Waals surface area contributed by atoms with Crippen LogP contribution in [0.2, 0.25) is 0 Å². The highest BCUT2D eigenvalue weighted by Crippen LogP contribution is 2.37. The van der Waals surface area contributed by atoms with Crippen LogP contribution in [-0.4, -0.2) is 24.5 Å². The van der Waals surface area contributed by atoms with Gasteiger partial charge in [0.25, 0.3) is 11.6 Å². The molecule has 0 saturated carbocycles. The second-order valence-corrected chi connectivity index (χ2v) is 8.52. The fourth-order valence-corrected chi connectivity index (χ4v) is 3.84. The number of anilines is 1. The summed E-state index contributed by atoms with van der Waals surface area (Å²) in [6.07, 6.45) is 1.63. The zero-order valence-electron chi connectivity index (χ0n) is 19.3. The molecule has 0 saturated heterocycles. The fraction of sp³-hybridized carbons (Fsp3) is 0.154. The van der Waals surface area contributed by atoms with E-state index >= 15 is 0 Å². The van der Waals surface area contributed by atoms with Crippen molar-refractivity contribution in [3.63, 3.8) is 0 Å². The molecule has 35 heavy (non-hydrogen) atoms. The number of nitrogens with one attached hydrogen (secondary N) is 1. The normalized spacial score (nSPS) is 10.9. The lowest BCUT2D eigenvalue weighted by atomic mass is 10.0. The first-order chi connectivity index (χ1) is 16.7. The van der Waals surface area contributed by atoms with Crippen molar-refractivity contribution in [2.45, 2.75) is 13.8 Å². The summed E-state index contributed by atoms with van der Waals surface area (Å²) in [4.78, 5) is 22.8. The molecule has 1 N–H and O–H groups in total. The lowest BCUT2D eigenvalue weighted by Gasteiger charge is -2.14. The number of aryl methyl sites for hydroxylation is 2. The predicted molar refractivity (Wildman–Crippen MR) is 137 cm³/mol. The third-order valence-electron chi connectivity index (χ3n) is 5.09. The Hall–Kier alpha value is -4.16. The van der Waals surface area contributed by atoms with Gasteiger partial charge in [0, 0.05) is 17.8 Å². The van der Waals surface area contributed by atoms with Crippen molar-refractivity contribution in [3.05, 3.63) is 91.4 Å². The van der Waals surface area contributed by atoms with Crippen LogP contribution in [-0.2, 0) is 4.79 Å². The zero-order chi connectivity index (χ0) is 25.5. The maximum atomic E-state index is 12.5. The molecule has 1 amide bonds. The average Bonchev–Trinajstić information content (AvgIpc) is 2.83. The van der Waals surface area contributed by atoms with Crippen molar-refractivity contribution < 1.29 is 19.2 Å². The molecule has 8 nitrogen and oxygen atoms in total. The van der Waals surface area contributed by atoms with Crippen LogP contribution in [0.25, 0.3) is 11.6 Å². The molecule has 0 bridgehead atoms. The summed E-state index contributed by atoms with van der Waals surface area (Å²) in [5.74, 6) is 0.391. The third kappa shape index (κ3) is 6.46. The first-order valence-electron chi connectivity index (χ1n) is 10.5. The van der Waals surface area contributed by atoms with Gasteiger partial charge in [-0.2, -0.15) is 5.26 Å². The summed E-state index contributed by atoms with van der Waals surface area (Å²) in [5.41, 5.74) is 4.13. The molecule has 0 radical (unpaired) electrons. The fourth-order valence-electron chi connectivity index (χ4n) is 3.27. The number of carbonyl (C=O) groups is 1. The molecule has 3 aromatic rings.